The molecule has 32 heavy (non-hydrogen) atoms. The Morgan fingerprint density at radius 2 is 1.75 bits per heavy atom. The summed E-state index contributed by atoms with van der Waals surface area (Å²) < 4.78 is 18.2. The molecule has 0 aromatic rings. The summed E-state index contributed by atoms with van der Waals surface area (Å²) in [4.78, 5) is 26.3. The molecule has 2 rings (SSSR count). The number of allylic oxidation sites excluding steroid dienone is 1. The summed E-state index contributed by atoms with van der Waals surface area (Å²) in [6.07, 6.45) is 0.0944. The lowest BCUT2D eigenvalue weighted by molar-refractivity contribution is -0.207. The number of ketones is 1. The molecule has 0 bridgehead atoms. The highest BCUT2D eigenvalue weighted by Crippen LogP contribution is 2.58. The standard InChI is InChI=1S/C24H42O7Si/c1-14-18(21(28)29-8)19(27)20-23(5,6)16(15(12-25)13-26)11-17(24(20,7)30-14)31-32(9,10)22(2,3)4/h15-17,20,25-26H,11-13H2,1-10H3/t16-,17-,20+,24+/m0/s1. The highest BCUT2D eigenvalue weighted by Gasteiger charge is 2.65. The van der Waals surface area contributed by atoms with Gasteiger partial charge in [-0.05, 0) is 49.7 Å². The SMILES string of the molecule is COC(=O)C1=C(C)O[C@]2(C)[C@@H](O[Si](C)(C)C(C)(C)C)C[C@@H](C(CO)CO)C(C)(C)[C@H]2C1=O. The fourth-order valence-electron chi connectivity index (χ4n) is 5.48. The van der Waals surface area contributed by atoms with E-state index in [1.807, 2.05) is 20.8 Å². The number of methoxy groups -OCH3 is 1. The first-order valence-corrected chi connectivity index (χ1v) is 14.3. The second kappa shape index (κ2) is 8.85. The van der Waals surface area contributed by atoms with Crippen LogP contribution in [0.5, 0.6) is 0 Å². The Morgan fingerprint density at radius 1 is 1.22 bits per heavy atom. The van der Waals surface area contributed by atoms with Gasteiger partial charge in [0.05, 0.1) is 19.1 Å². The third-order valence-electron chi connectivity index (χ3n) is 8.28. The Morgan fingerprint density at radius 3 is 2.19 bits per heavy atom. The van der Waals surface area contributed by atoms with Crippen LogP contribution >= 0.6 is 0 Å². The summed E-state index contributed by atoms with van der Waals surface area (Å²) in [6, 6.07) is 0. The Hall–Kier alpha value is -1.22. The van der Waals surface area contributed by atoms with Crippen LogP contribution in [-0.2, 0) is 23.5 Å². The smallest absolute Gasteiger partial charge is 0.344 e. The minimum atomic E-state index is -2.26. The zero-order valence-corrected chi connectivity index (χ0v) is 22.4. The van der Waals surface area contributed by atoms with E-state index in [0.29, 0.717) is 6.42 Å². The van der Waals surface area contributed by atoms with Gasteiger partial charge in [-0.25, -0.2) is 4.79 Å². The van der Waals surface area contributed by atoms with Crippen LogP contribution in [0.25, 0.3) is 0 Å². The van der Waals surface area contributed by atoms with Crippen molar-refractivity contribution in [2.24, 2.45) is 23.2 Å². The van der Waals surface area contributed by atoms with Crippen molar-refractivity contribution in [1.29, 1.82) is 0 Å². The molecule has 0 aromatic carbocycles. The summed E-state index contributed by atoms with van der Waals surface area (Å²) in [5.74, 6) is -2.12. The molecule has 7 nitrogen and oxygen atoms in total. The summed E-state index contributed by atoms with van der Waals surface area (Å²) >= 11 is 0. The van der Waals surface area contributed by atoms with Crippen molar-refractivity contribution in [3.63, 3.8) is 0 Å². The summed E-state index contributed by atoms with van der Waals surface area (Å²) in [7, 11) is -1.01. The highest BCUT2D eigenvalue weighted by atomic mass is 28.4. The lowest BCUT2D eigenvalue weighted by Crippen LogP contribution is -2.68. The Kier molecular flexibility index (Phi) is 7.48. The second-order valence-electron chi connectivity index (χ2n) is 11.7. The van der Waals surface area contributed by atoms with E-state index in [2.05, 4.69) is 33.9 Å². The Labute approximate surface area is 193 Å². The lowest BCUT2D eigenvalue weighted by atomic mass is 9.51. The van der Waals surface area contributed by atoms with Gasteiger partial charge in [0, 0.05) is 19.1 Å². The molecule has 4 atom stereocenters. The van der Waals surface area contributed by atoms with Crippen molar-refractivity contribution in [3.05, 3.63) is 11.3 Å². The first-order chi connectivity index (χ1) is 14.5. The summed E-state index contributed by atoms with van der Waals surface area (Å²) in [5.41, 5.74) is -1.74. The van der Waals surface area contributed by atoms with Crippen molar-refractivity contribution in [2.75, 3.05) is 20.3 Å². The van der Waals surface area contributed by atoms with Crippen LogP contribution in [0.2, 0.25) is 18.1 Å². The molecule has 8 heteroatoms. The Balaban J connectivity index is 2.70. The molecule has 1 fully saturated rings. The highest BCUT2D eigenvalue weighted by molar-refractivity contribution is 6.74. The zero-order valence-electron chi connectivity index (χ0n) is 21.4. The fraction of sp³-hybridized carbons (Fsp3) is 0.833. The van der Waals surface area contributed by atoms with Crippen molar-refractivity contribution in [1.82, 2.24) is 0 Å². The number of carbonyl (C=O) groups excluding carboxylic acids is 2. The number of Topliss-reactive ketones (excluding diaryl/α,β-unsaturated/α-hetero) is 1. The predicted molar refractivity (Wildman–Crippen MR) is 124 cm³/mol. The number of aliphatic hydroxyl groups is 2. The van der Waals surface area contributed by atoms with Crippen LogP contribution in [0, 0.1) is 23.2 Å². The van der Waals surface area contributed by atoms with Crippen LogP contribution in [0.1, 0.15) is 54.9 Å². The molecule has 0 aromatic heterocycles. The number of aliphatic hydroxyl groups excluding tert-OH is 2. The molecular formula is C24H42O7Si. The van der Waals surface area contributed by atoms with Crippen LogP contribution in [0.4, 0.5) is 0 Å². The average Bonchev–Trinajstić information content (AvgIpc) is 2.64. The minimum absolute atomic E-state index is 0.0601. The largest absolute Gasteiger partial charge is 0.488 e. The molecule has 1 saturated carbocycles. The number of carbonyl (C=O) groups is 2. The number of fused-ring (bicyclic) bond motifs is 1. The molecule has 2 aliphatic rings. The van der Waals surface area contributed by atoms with E-state index in [1.54, 1.807) is 6.92 Å². The first-order valence-electron chi connectivity index (χ1n) is 11.4. The van der Waals surface area contributed by atoms with Crippen LogP contribution < -0.4 is 0 Å². The molecule has 0 amide bonds. The van der Waals surface area contributed by atoms with Crippen LogP contribution in [0.3, 0.4) is 0 Å². The van der Waals surface area contributed by atoms with E-state index < -0.39 is 43.2 Å². The van der Waals surface area contributed by atoms with Crippen molar-refractivity contribution < 1.29 is 33.7 Å². The van der Waals surface area contributed by atoms with Gasteiger partial charge in [0.2, 0.25) is 0 Å². The Bertz CT molecular complexity index is 776. The van der Waals surface area contributed by atoms with Crippen LogP contribution in [-0.4, -0.2) is 62.3 Å². The van der Waals surface area contributed by atoms with Gasteiger partial charge >= 0.3 is 5.97 Å². The van der Waals surface area contributed by atoms with Crippen molar-refractivity contribution in [2.45, 2.75) is 84.7 Å². The van der Waals surface area contributed by atoms with E-state index in [4.69, 9.17) is 13.9 Å². The number of ether oxygens (including phenoxy) is 2. The van der Waals surface area contributed by atoms with Gasteiger partial charge in [-0.15, -0.1) is 0 Å². The normalized spacial score (nSPS) is 30.8. The minimum Gasteiger partial charge on any atom is -0.488 e. The van der Waals surface area contributed by atoms with Gasteiger partial charge in [-0.2, -0.15) is 0 Å². The maximum Gasteiger partial charge on any atom is 0.344 e. The third kappa shape index (κ3) is 4.31. The molecule has 1 aliphatic carbocycles. The van der Waals surface area contributed by atoms with Gasteiger partial charge in [-0.1, -0.05) is 34.6 Å². The quantitative estimate of drug-likeness (QED) is 0.348. The van der Waals surface area contributed by atoms with Crippen molar-refractivity contribution >= 4 is 20.1 Å². The first kappa shape index (κ1) is 27.0. The third-order valence-corrected chi connectivity index (χ3v) is 12.8. The van der Waals surface area contributed by atoms with Crippen LogP contribution in [0.15, 0.2) is 11.3 Å². The van der Waals surface area contributed by atoms with E-state index >= 15 is 0 Å². The molecule has 1 aliphatic heterocycles. The van der Waals surface area contributed by atoms with Gasteiger partial charge in [-0.3, -0.25) is 4.79 Å². The van der Waals surface area contributed by atoms with E-state index in [1.165, 1.54) is 7.11 Å². The van der Waals surface area contributed by atoms with E-state index in [0.717, 1.165) is 0 Å². The molecular weight excluding hydrogens is 428 g/mol. The predicted octanol–water partition coefficient (Wildman–Crippen LogP) is 3.44. The molecule has 184 valence electrons. The zero-order chi connectivity index (χ0) is 24.9. The maximum absolute atomic E-state index is 13.8. The van der Waals surface area contributed by atoms with Gasteiger partial charge in [0.15, 0.2) is 14.1 Å². The summed E-state index contributed by atoms with van der Waals surface area (Å²) in [6.45, 7) is 17.8. The second-order valence-corrected chi connectivity index (χ2v) is 16.4. The van der Waals surface area contributed by atoms with Crippen molar-refractivity contribution in [3.8, 4) is 0 Å². The molecule has 2 N–H and O–H groups in total. The number of rotatable bonds is 6. The molecule has 0 unspecified atom stereocenters. The maximum atomic E-state index is 13.8. The number of hydrogen-bond acceptors (Lipinski definition) is 7. The monoisotopic (exact) mass is 470 g/mol. The number of esters is 1. The molecule has 0 radical (unpaired) electrons. The molecule has 1 heterocycles. The molecule has 0 saturated heterocycles. The number of hydrogen-bond donors (Lipinski definition) is 2. The average molecular weight is 471 g/mol. The summed E-state index contributed by atoms with van der Waals surface area (Å²) in [5, 5.41) is 20.0. The topological polar surface area (TPSA) is 102 Å². The fourth-order valence-corrected chi connectivity index (χ4v) is 6.88. The van der Waals surface area contributed by atoms with Gasteiger partial charge < -0.3 is 24.1 Å². The van der Waals surface area contributed by atoms with E-state index in [9.17, 15) is 19.8 Å². The lowest BCUT2D eigenvalue weighted by Gasteiger charge is -2.60. The van der Waals surface area contributed by atoms with Gasteiger partial charge in [0.25, 0.3) is 0 Å². The van der Waals surface area contributed by atoms with E-state index in [-0.39, 0.29) is 41.3 Å². The van der Waals surface area contributed by atoms with Gasteiger partial charge in [0.1, 0.15) is 16.9 Å². The molecule has 0 spiro atoms.